The average Bonchev–Trinajstić information content (AvgIpc) is 3.51. The van der Waals surface area contributed by atoms with E-state index < -0.39 is 15.7 Å². The number of anilines is 2. The largest absolute Gasteiger partial charge is 0.395 e. The summed E-state index contributed by atoms with van der Waals surface area (Å²) in [6.45, 7) is 0.515. The van der Waals surface area contributed by atoms with Crippen LogP contribution in [0.2, 0.25) is 0 Å². The minimum atomic E-state index is -3.36. The lowest BCUT2D eigenvalue weighted by atomic mass is 10.1. The van der Waals surface area contributed by atoms with Crippen LogP contribution in [0.25, 0.3) is 10.3 Å². The number of nitrogens with one attached hydrogen (secondary N) is 1. The molecule has 38 heavy (non-hydrogen) atoms. The Kier molecular flexibility index (Phi) is 7.65. The molecule has 1 amide bonds. The minimum Gasteiger partial charge on any atom is -0.395 e. The molecule has 3 heterocycles. The summed E-state index contributed by atoms with van der Waals surface area (Å²) < 4.78 is 25.1. The number of carbonyl (C=O) groups excluding carboxylic acids is 1. The number of aliphatic hydroxyl groups excluding tert-OH is 1. The number of rotatable bonds is 11. The normalized spacial score (nSPS) is 14.0. The fourth-order valence-corrected chi connectivity index (χ4v) is 6.58. The van der Waals surface area contributed by atoms with E-state index in [1.165, 1.54) is 34.8 Å². The van der Waals surface area contributed by atoms with Crippen molar-refractivity contribution >= 4 is 65.4 Å². The third kappa shape index (κ3) is 5.83. The van der Waals surface area contributed by atoms with E-state index in [0.717, 1.165) is 0 Å². The first kappa shape index (κ1) is 26.2. The fraction of sp³-hybridized carbons (Fsp3) is 0.292. The minimum absolute atomic E-state index is 0.000432. The summed E-state index contributed by atoms with van der Waals surface area (Å²) in [5.74, 6) is 0.103. The maximum Gasteiger partial charge on any atom is 0.280 e. The third-order valence-electron chi connectivity index (χ3n) is 5.75. The number of aromatic nitrogens is 3. The Bertz CT molecular complexity index is 1560. The third-order valence-corrected chi connectivity index (χ3v) is 9.66. The Labute approximate surface area is 226 Å². The van der Waals surface area contributed by atoms with Gasteiger partial charge in [-0.1, -0.05) is 28.6 Å². The smallest absolute Gasteiger partial charge is 0.280 e. The summed E-state index contributed by atoms with van der Waals surface area (Å²) in [5, 5.41) is 18.5. The molecule has 5 rings (SSSR count). The molecule has 198 valence electrons. The second kappa shape index (κ2) is 11.1. The second-order valence-electron chi connectivity index (χ2n) is 8.52. The maximum absolute atomic E-state index is 13.3. The SMILES string of the molecule is CN(CCO)c1ccc2nc(NC(=O)C(=NOCc3nccs3)c3ccc(S(=O)(=O)C4CC4)cc3)sc2n1. The van der Waals surface area contributed by atoms with Crippen molar-refractivity contribution < 1.29 is 23.2 Å². The molecule has 1 aliphatic rings. The van der Waals surface area contributed by atoms with Gasteiger partial charge in [-0.15, -0.1) is 11.3 Å². The van der Waals surface area contributed by atoms with Gasteiger partial charge >= 0.3 is 0 Å². The molecule has 1 saturated carbocycles. The quantitative estimate of drug-likeness (QED) is 0.204. The number of benzene rings is 1. The first-order valence-corrected chi connectivity index (χ1v) is 14.9. The number of thiazole rings is 2. The number of pyridine rings is 1. The summed E-state index contributed by atoms with van der Waals surface area (Å²) in [6, 6.07) is 9.65. The first-order valence-electron chi connectivity index (χ1n) is 11.7. The number of oxime groups is 1. The standard InChI is InChI=1S/C24H24N6O5S3/c1-30(11-12-31)19-9-8-18-23(27-19)37-24(26-18)28-22(32)21(29-35-14-20-25-10-13-36-20)15-2-4-16(5-3-15)38(33,34)17-6-7-17/h2-5,8-10,13,17,31H,6-7,11-12,14H2,1H3,(H,26,28,32). The van der Waals surface area contributed by atoms with Crippen LogP contribution < -0.4 is 10.2 Å². The zero-order valence-corrected chi connectivity index (χ0v) is 22.7. The molecular weight excluding hydrogens is 549 g/mol. The number of fused-ring (bicyclic) bond motifs is 1. The van der Waals surface area contributed by atoms with Crippen LogP contribution in [-0.2, 0) is 26.1 Å². The summed E-state index contributed by atoms with van der Waals surface area (Å²) in [7, 11) is -1.54. The topological polar surface area (TPSA) is 147 Å². The number of sulfone groups is 1. The number of hydrogen-bond acceptors (Lipinski definition) is 12. The molecule has 1 fully saturated rings. The van der Waals surface area contributed by atoms with E-state index in [9.17, 15) is 18.3 Å². The molecule has 1 aromatic carbocycles. The van der Waals surface area contributed by atoms with Crippen LogP contribution in [0.3, 0.4) is 0 Å². The van der Waals surface area contributed by atoms with Crippen molar-refractivity contribution in [3.8, 4) is 0 Å². The Balaban J connectivity index is 1.38. The maximum atomic E-state index is 13.3. The molecule has 1 aliphatic carbocycles. The van der Waals surface area contributed by atoms with Crippen LogP contribution in [0.5, 0.6) is 0 Å². The predicted octanol–water partition coefficient (Wildman–Crippen LogP) is 3.07. The van der Waals surface area contributed by atoms with E-state index in [1.54, 1.807) is 30.5 Å². The Morgan fingerprint density at radius 2 is 2.00 bits per heavy atom. The van der Waals surface area contributed by atoms with Gasteiger partial charge in [0.1, 0.15) is 21.2 Å². The van der Waals surface area contributed by atoms with Crippen molar-refractivity contribution in [3.05, 3.63) is 58.5 Å². The van der Waals surface area contributed by atoms with Crippen LogP contribution in [0.1, 0.15) is 23.4 Å². The van der Waals surface area contributed by atoms with Crippen molar-refractivity contribution in [2.24, 2.45) is 5.16 Å². The van der Waals surface area contributed by atoms with Crippen molar-refractivity contribution in [1.29, 1.82) is 0 Å². The molecule has 14 heteroatoms. The molecule has 0 aliphatic heterocycles. The second-order valence-corrected chi connectivity index (χ2v) is 12.7. The lowest BCUT2D eigenvalue weighted by Crippen LogP contribution is -2.24. The number of nitrogens with zero attached hydrogens (tertiary/aromatic N) is 5. The molecule has 3 aromatic heterocycles. The molecule has 2 N–H and O–H groups in total. The van der Waals surface area contributed by atoms with Crippen molar-refractivity contribution in [1.82, 2.24) is 15.0 Å². The van der Waals surface area contributed by atoms with E-state index in [0.29, 0.717) is 51.3 Å². The van der Waals surface area contributed by atoms with E-state index in [4.69, 9.17) is 4.84 Å². The molecule has 0 atom stereocenters. The van der Waals surface area contributed by atoms with E-state index >= 15 is 0 Å². The zero-order valence-electron chi connectivity index (χ0n) is 20.3. The summed E-state index contributed by atoms with van der Waals surface area (Å²) >= 11 is 2.60. The van der Waals surface area contributed by atoms with Gasteiger partial charge in [-0.2, -0.15) is 0 Å². The van der Waals surface area contributed by atoms with Crippen LogP contribution >= 0.6 is 22.7 Å². The van der Waals surface area contributed by atoms with Gasteiger partial charge in [0.15, 0.2) is 27.3 Å². The van der Waals surface area contributed by atoms with Crippen molar-refractivity contribution in [2.45, 2.75) is 29.6 Å². The first-order chi connectivity index (χ1) is 18.3. The van der Waals surface area contributed by atoms with Gasteiger partial charge in [-0.05, 0) is 37.1 Å². The zero-order chi connectivity index (χ0) is 26.7. The number of amides is 1. The van der Waals surface area contributed by atoms with Crippen LogP contribution in [-0.4, -0.2) is 65.5 Å². The van der Waals surface area contributed by atoms with Crippen molar-refractivity contribution in [2.75, 3.05) is 30.4 Å². The highest BCUT2D eigenvalue weighted by atomic mass is 32.2. The fourth-order valence-electron chi connectivity index (χ4n) is 3.57. The number of aliphatic hydroxyl groups is 1. The number of likely N-dealkylation sites (N-methyl/N-ethyl adjacent to an activating group) is 1. The molecule has 0 saturated heterocycles. The Morgan fingerprint density at radius 1 is 1.21 bits per heavy atom. The van der Waals surface area contributed by atoms with Gasteiger partial charge in [-0.25, -0.2) is 23.4 Å². The average molecular weight is 573 g/mol. The van der Waals surface area contributed by atoms with E-state index in [2.05, 4.69) is 25.4 Å². The molecule has 0 radical (unpaired) electrons. The van der Waals surface area contributed by atoms with Gasteiger partial charge in [0.2, 0.25) is 0 Å². The molecule has 11 nitrogen and oxygen atoms in total. The number of carbonyl (C=O) groups is 1. The van der Waals surface area contributed by atoms with Gasteiger partial charge in [-0.3, -0.25) is 10.1 Å². The lowest BCUT2D eigenvalue weighted by Gasteiger charge is -2.15. The summed E-state index contributed by atoms with van der Waals surface area (Å²) in [6.07, 6.45) is 2.98. The molecular formula is C24H24N6O5S3. The van der Waals surface area contributed by atoms with E-state index in [1.807, 2.05) is 17.3 Å². The van der Waals surface area contributed by atoms with Crippen LogP contribution in [0.15, 0.2) is 58.0 Å². The van der Waals surface area contributed by atoms with Gasteiger partial charge in [0, 0.05) is 30.7 Å². The highest BCUT2D eigenvalue weighted by molar-refractivity contribution is 7.92. The Hall–Kier alpha value is -3.46. The van der Waals surface area contributed by atoms with E-state index in [-0.39, 0.29) is 29.1 Å². The van der Waals surface area contributed by atoms with Crippen LogP contribution in [0, 0.1) is 0 Å². The lowest BCUT2D eigenvalue weighted by molar-refractivity contribution is -0.110. The predicted molar refractivity (Wildman–Crippen MR) is 146 cm³/mol. The monoisotopic (exact) mass is 572 g/mol. The molecule has 0 bridgehead atoms. The Morgan fingerprint density at radius 3 is 2.68 bits per heavy atom. The number of hydrogen-bond donors (Lipinski definition) is 2. The highest BCUT2D eigenvalue weighted by Gasteiger charge is 2.36. The molecule has 0 unspecified atom stereocenters. The van der Waals surface area contributed by atoms with Crippen LogP contribution in [0.4, 0.5) is 10.9 Å². The molecule has 4 aromatic rings. The highest BCUT2D eigenvalue weighted by Crippen LogP contribution is 2.33. The van der Waals surface area contributed by atoms with Gasteiger partial charge in [0.05, 0.1) is 16.8 Å². The van der Waals surface area contributed by atoms with Gasteiger partial charge < -0.3 is 14.8 Å². The molecule has 0 spiro atoms. The van der Waals surface area contributed by atoms with Gasteiger partial charge in [0.25, 0.3) is 5.91 Å². The summed E-state index contributed by atoms with van der Waals surface area (Å²) in [4.78, 5) is 34.5. The summed E-state index contributed by atoms with van der Waals surface area (Å²) in [5.41, 5.74) is 0.968. The van der Waals surface area contributed by atoms with Crippen molar-refractivity contribution in [3.63, 3.8) is 0 Å².